The largest absolute Gasteiger partial charge is 0.496 e. The molecule has 32 heavy (non-hydrogen) atoms. The number of nitrogens with one attached hydrogen (secondary N) is 1. The molecule has 0 saturated carbocycles. The molecule has 0 saturated heterocycles. The van der Waals surface area contributed by atoms with E-state index in [-0.39, 0.29) is 11.8 Å². The Morgan fingerprint density at radius 2 is 2.12 bits per heavy atom. The molecule has 5 rings (SSSR count). The summed E-state index contributed by atoms with van der Waals surface area (Å²) in [5, 5.41) is 8.50. The molecule has 0 spiro atoms. The van der Waals surface area contributed by atoms with Gasteiger partial charge in [0.25, 0.3) is 0 Å². The maximum Gasteiger partial charge on any atom is 0.226 e. The van der Waals surface area contributed by atoms with Crippen molar-refractivity contribution in [3.8, 4) is 16.6 Å². The molecule has 2 aromatic carbocycles. The van der Waals surface area contributed by atoms with Gasteiger partial charge in [0.15, 0.2) is 0 Å². The number of thiazole rings is 1. The van der Waals surface area contributed by atoms with Gasteiger partial charge in [-0.2, -0.15) is 9.78 Å². The third-order valence-corrected chi connectivity index (χ3v) is 7.13. The minimum atomic E-state index is -0.103. The first-order valence-corrected chi connectivity index (χ1v) is 11.9. The fourth-order valence-corrected chi connectivity index (χ4v) is 5.62. The van der Waals surface area contributed by atoms with Gasteiger partial charge >= 0.3 is 0 Å². The molecule has 164 valence electrons. The lowest BCUT2D eigenvalue weighted by Gasteiger charge is -2.24. The van der Waals surface area contributed by atoms with Crippen LogP contribution in [0.2, 0.25) is 0 Å². The first-order valence-electron chi connectivity index (χ1n) is 10.2. The molecular weight excluding hydrogens is 492 g/mol. The van der Waals surface area contributed by atoms with Crippen molar-refractivity contribution in [1.82, 2.24) is 14.8 Å². The second-order valence-electron chi connectivity index (χ2n) is 7.52. The van der Waals surface area contributed by atoms with Gasteiger partial charge in [0.1, 0.15) is 17.3 Å². The molecule has 0 bridgehead atoms. The molecule has 0 unspecified atom stereocenters. The normalized spacial score (nSPS) is 15.5. The highest BCUT2D eigenvalue weighted by molar-refractivity contribution is 9.10. The van der Waals surface area contributed by atoms with Crippen LogP contribution in [0, 0.1) is 6.92 Å². The highest BCUT2D eigenvalue weighted by Crippen LogP contribution is 2.42. The summed E-state index contributed by atoms with van der Waals surface area (Å²) >= 11 is 5.08. The number of amides is 1. The van der Waals surface area contributed by atoms with Gasteiger partial charge < -0.3 is 14.8 Å². The van der Waals surface area contributed by atoms with Crippen molar-refractivity contribution in [2.24, 2.45) is 0 Å². The van der Waals surface area contributed by atoms with E-state index in [0.717, 1.165) is 43.0 Å². The van der Waals surface area contributed by atoms with Crippen molar-refractivity contribution in [2.75, 3.05) is 19.0 Å². The van der Waals surface area contributed by atoms with E-state index in [1.807, 2.05) is 50.2 Å². The number of carbonyl (C=O) groups is 1. The van der Waals surface area contributed by atoms with Gasteiger partial charge in [0, 0.05) is 17.9 Å². The van der Waals surface area contributed by atoms with Crippen molar-refractivity contribution in [1.29, 1.82) is 0 Å². The zero-order valence-electron chi connectivity index (χ0n) is 17.8. The number of aryl methyl sites for hydroxylation is 1. The van der Waals surface area contributed by atoms with Crippen molar-refractivity contribution < 1.29 is 14.3 Å². The highest BCUT2D eigenvalue weighted by atomic mass is 79.9. The number of hydrogen-bond acceptors (Lipinski definition) is 6. The maximum absolute atomic E-state index is 12.7. The fourth-order valence-electron chi connectivity index (χ4n) is 4.11. The molecule has 1 atom stereocenters. The van der Waals surface area contributed by atoms with Crippen LogP contribution in [0.5, 0.6) is 11.5 Å². The fraction of sp³-hybridized carbons (Fsp3) is 0.261. The Morgan fingerprint density at radius 1 is 1.28 bits per heavy atom. The molecule has 4 aromatic rings. The zero-order chi connectivity index (χ0) is 22.4. The number of aromatic nitrogens is 3. The van der Waals surface area contributed by atoms with Gasteiger partial charge in [-0.1, -0.05) is 17.4 Å². The molecule has 0 aliphatic carbocycles. The lowest BCUT2D eigenvalue weighted by Crippen LogP contribution is -2.25. The Morgan fingerprint density at radius 3 is 2.88 bits per heavy atom. The molecule has 2 aromatic heterocycles. The molecule has 1 N–H and O–H groups in total. The van der Waals surface area contributed by atoms with E-state index in [9.17, 15) is 4.79 Å². The van der Waals surface area contributed by atoms with Crippen LogP contribution in [-0.4, -0.2) is 34.4 Å². The molecule has 1 amide bonds. The summed E-state index contributed by atoms with van der Waals surface area (Å²) in [6.07, 6.45) is 0.357. The number of ether oxygens (including phenoxy) is 2. The van der Waals surface area contributed by atoms with Gasteiger partial charge in [0.05, 0.1) is 34.1 Å². The number of halogens is 1. The van der Waals surface area contributed by atoms with Crippen molar-refractivity contribution >= 4 is 49.2 Å². The van der Waals surface area contributed by atoms with Crippen molar-refractivity contribution in [2.45, 2.75) is 26.2 Å². The van der Waals surface area contributed by atoms with E-state index in [4.69, 9.17) is 19.6 Å². The van der Waals surface area contributed by atoms with Gasteiger partial charge in [-0.05, 0) is 65.7 Å². The summed E-state index contributed by atoms with van der Waals surface area (Å²) in [5.74, 6) is 2.10. The standard InChI is InChI=1S/C23H21BrN4O3S/c1-4-31-14-6-7-17-19(10-14)32-23(25-17)28-22-21(12(2)27-28)15(11-20(29)26-22)13-5-8-18(30-3)16(24)9-13/h5-10,15H,4,11H2,1-3H3,(H,26,29)/t15-/m0/s1. The van der Waals surface area contributed by atoms with Gasteiger partial charge in [-0.25, -0.2) is 4.98 Å². The van der Waals surface area contributed by atoms with E-state index < -0.39 is 0 Å². The van der Waals surface area contributed by atoms with Crippen molar-refractivity contribution in [3.63, 3.8) is 0 Å². The monoisotopic (exact) mass is 512 g/mol. The third kappa shape index (κ3) is 3.55. The molecular formula is C23H21BrN4O3S. The minimum absolute atomic E-state index is 0.0460. The van der Waals surface area contributed by atoms with Crippen LogP contribution < -0.4 is 14.8 Å². The summed E-state index contributed by atoms with van der Waals surface area (Å²) in [6.45, 7) is 4.54. The van der Waals surface area contributed by atoms with Gasteiger partial charge in [0.2, 0.25) is 11.0 Å². The first kappa shape index (κ1) is 21.0. The quantitative estimate of drug-likeness (QED) is 0.385. The van der Waals surface area contributed by atoms with Gasteiger partial charge in [-0.15, -0.1) is 0 Å². The third-order valence-electron chi connectivity index (χ3n) is 5.52. The van der Waals surface area contributed by atoms with E-state index in [2.05, 4.69) is 21.2 Å². The number of fused-ring (bicyclic) bond motifs is 2. The molecule has 1 aliphatic heterocycles. The predicted octanol–water partition coefficient (Wildman–Crippen LogP) is 5.43. The van der Waals surface area contributed by atoms with E-state index in [0.29, 0.717) is 24.0 Å². The summed E-state index contributed by atoms with van der Waals surface area (Å²) in [7, 11) is 1.63. The predicted molar refractivity (Wildman–Crippen MR) is 128 cm³/mol. The summed E-state index contributed by atoms with van der Waals surface area (Å²) < 4.78 is 14.6. The Hall–Kier alpha value is -2.91. The van der Waals surface area contributed by atoms with Crippen LogP contribution in [0.1, 0.15) is 36.1 Å². The minimum Gasteiger partial charge on any atom is -0.496 e. The smallest absolute Gasteiger partial charge is 0.226 e. The Bertz CT molecular complexity index is 1350. The Labute approximate surface area is 197 Å². The average molecular weight is 513 g/mol. The Kier molecular flexibility index (Phi) is 5.38. The second-order valence-corrected chi connectivity index (χ2v) is 9.38. The highest BCUT2D eigenvalue weighted by Gasteiger charge is 2.33. The number of rotatable bonds is 5. The van der Waals surface area contributed by atoms with Crippen LogP contribution in [0.25, 0.3) is 15.3 Å². The molecule has 7 nitrogen and oxygen atoms in total. The number of carbonyl (C=O) groups excluding carboxylic acids is 1. The summed E-state index contributed by atoms with van der Waals surface area (Å²) in [5.41, 5.74) is 3.78. The van der Waals surface area contributed by atoms with E-state index in [1.54, 1.807) is 11.8 Å². The number of methoxy groups -OCH3 is 1. The number of benzene rings is 2. The van der Waals surface area contributed by atoms with Crippen LogP contribution in [0.15, 0.2) is 40.9 Å². The number of anilines is 1. The number of hydrogen-bond donors (Lipinski definition) is 1. The molecule has 9 heteroatoms. The van der Waals surface area contributed by atoms with Crippen LogP contribution in [0.3, 0.4) is 0 Å². The molecule has 1 aliphatic rings. The maximum atomic E-state index is 12.7. The lowest BCUT2D eigenvalue weighted by molar-refractivity contribution is -0.116. The van der Waals surface area contributed by atoms with Crippen LogP contribution in [0.4, 0.5) is 5.82 Å². The van der Waals surface area contributed by atoms with E-state index in [1.165, 1.54) is 11.3 Å². The SMILES string of the molecule is CCOc1ccc2nc(-n3nc(C)c4c3NC(=O)C[C@H]4c3ccc(OC)c(Br)c3)sc2c1. The lowest BCUT2D eigenvalue weighted by atomic mass is 9.86. The molecule has 3 heterocycles. The first-order chi connectivity index (χ1) is 15.5. The Balaban J connectivity index is 1.60. The summed E-state index contributed by atoms with van der Waals surface area (Å²) in [6, 6.07) is 11.8. The van der Waals surface area contributed by atoms with Crippen molar-refractivity contribution in [3.05, 3.63) is 57.7 Å². The molecule has 0 radical (unpaired) electrons. The van der Waals surface area contributed by atoms with Crippen LogP contribution >= 0.6 is 27.3 Å². The zero-order valence-corrected chi connectivity index (χ0v) is 20.2. The average Bonchev–Trinajstić information content (AvgIpc) is 3.34. The number of nitrogens with zero attached hydrogens (tertiary/aromatic N) is 3. The topological polar surface area (TPSA) is 78.3 Å². The second kappa shape index (κ2) is 8.22. The van der Waals surface area contributed by atoms with Crippen LogP contribution in [-0.2, 0) is 4.79 Å². The van der Waals surface area contributed by atoms with E-state index >= 15 is 0 Å². The molecule has 0 fully saturated rings. The summed E-state index contributed by atoms with van der Waals surface area (Å²) in [4.78, 5) is 17.4. The van der Waals surface area contributed by atoms with Gasteiger partial charge in [-0.3, -0.25) is 4.79 Å².